The molecule has 1 amide bonds. The Balaban J connectivity index is 1.31. The molecular weight excluding hydrogens is 468 g/mol. The van der Waals surface area contributed by atoms with Gasteiger partial charge in [0.15, 0.2) is 0 Å². The molecule has 4 heterocycles. The van der Waals surface area contributed by atoms with Gasteiger partial charge in [-0.3, -0.25) is 4.79 Å². The Kier molecular flexibility index (Phi) is 6.83. The zero-order valence-corrected chi connectivity index (χ0v) is 22.3. The zero-order chi connectivity index (χ0) is 24.7. The van der Waals surface area contributed by atoms with E-state index in [4.69, 9.17) is 11.6 Å². The number of nitrogens with zero attached hydrogens (tertiary/aromatic N) is 2. The summed E-state index contributed by atoms with van der Waals surface area (Å²) in [5.74, 6) is 1.48. The molecule has 192 valence electrons. The average molecular weight is 508 g/mol. The Bertz CT molecular complexity index is 1090. The highest BCUT2D eigenvalue weighted by atomic mass is 35.5. The van der Waals surface area contributed by atoms with Gasteiger partial charge in [0.25, 0.3) is 0 Å². The molecule has 3 aliphatic heterocycles. The number of nitrogens with one attached hydrogen (secondary N) is 2. The monoisotopic (exact) mass is 507 g/mol. The van der Waals surface area contributed by atoms with E-state index in [9.17, 15) is 4.79 Å². The normalized spacial score (nSPS) is 34.5. The van der Waals surface area contributed by atoms with E-state index in [2.05, 4.69) is 58.6 Å². The van der Waals surface area contributed by atoms with Crippen LogP contribution in [0, 0.1) is 11.8 Å². The van der Waals surface area contributed by atoms with E-state index in [1.165, 1.54) is 37.1 Å². The highest BCUT2D eigenvalue weighted by Gasteiger charge is 2.53. The van der Waals surface area contributed by atoms with Crippen LogP contribution in [0.4, 0.5) is 0 Å². The number of piperidine rings is 2. The maximum Gasteiger partial charge on any atom is 0.228 e. The predicted molar refractivity (Wildman–Crippen MR) is 143 cm³/mol. The minimum Gasteiger partial charge on any atom is -0.339 e. The van der Waals surface area contributed by atoms with Crippen LogP contribution in [0.3, 0.4) is 0 Å². The summed E-state index contributed by atoms with van der Waals surface area (Å²) in [6.07, 6.45) is 7.74. The summed E-state index contributed by atoms with van der Waals surface area (Å²) in [6, 6.07) is 15.4. The molecule has 2 N–H and O–H groups in total. The van der Waals surface area contributed by atoms with E-state index >= 15 is 0 Å². The van der Waals surface area contributed by atoms with Gasteiger partial charge in [0.05, 0.1) is 26.1 Å². The van der Waals surface area contributed by atoms with Gasteiger partial charge in [0.1, 0.15) is 5.15 Å². The van der Waals surface area contributed by atoms with Crippen LogP contribution in [0.5, 0.6) is 0 Å². The Labute approximate surface area is 220 Å². The van der Waals surface area contributed by atoms with Crippen molar-refractivity contribution in [2.45, 2.75) is 62.3 Å². The van der Waals surface area contributed by atoms with Gasteiger partial charge in [-0.05, 0) is 68.1 Å². The SMILES string of the molecule is C[NH+]1CCCC(C2C[C@H](c3ccccc3)CCN2C(=O)[C@@H]2CNC[C@]23CCCc2nc(Cl)ccc23)C1. The highest BCUT2D eigenvalue weighted by molar-refractivity contribution is 6.29. The second kappa shape index (κ2) is 10.1. The Morgan fingerprint density at radius 3 is 2.86 bits per heavy atom. The maximum absolute atomic E-state index is 14.6. The summed E-state index contributed by atoms with van der Waals surface area (Å²) in [6.45, 7) is 4.93. The fourth-order valence-electron chi connectivity index (χ4n) is 8.04. The number of halogens is 1. The van der Waals surface area contributed by atoms with Crippen LogP contribution in [-0.4, -0.2) is 61.6 Å². The van der Waals surface area contributed by atoms with Gasteiger partial charge in [0, 0.05) is 42.7 Å². The number of fused-ring (bicyclic) bond motifs is 2. The van der Waals surface area contributed by atoms with Crippen molar-refractivity contribution < 1.29 is 9.69 Å². The first-order valence-electron chi connectivity index (χ1n) is 14.1. The first kappa shape index (κ1) is 24.4. The van der Waals surface area contributed by atoms with Crippen LogP contribution in [-0.2, 0) is 16.6 Å². The summed E-state index contributed by atoms with van der Waals surface area (Å²) in [5.41, 5.74) is 3.65. The molecular formula is C30H40ClN4O+. The van der Waals surface area contributed by atoms with Crippen LogP contribution in [0.2, 0.25) is 5.15 Å². The Morgan fingerprint density at radius 1 is 1.17 bits per heavy atom. The molecule has 3 fully saturated rings. The van der Waals surface area contributed by atoms with Crippen molar-refractivity contribution in [1.29, 1.82) is 0 Å². The number of rotatable bonds is 3. The fourth-order valence-corrected chi connectivity index (χ4v) is 8.21. The summed E-state index contributed by atoms with van der Waals surface area (Å²) in [4.78, 5) is 23.2. The lowest BCUT2D eigenvalue weighted by molar-refractivity contribution is -0.889. The third-order valence-corrected chi connectivity index (χ3v) is 10.0. The van der Waals surface area contributed by atoms with Crippen LogP contribution in [0.1, 0.15) is 61.3 Å². The minimum absolute atomic E-state index is 0.0241. The topological polar surface area (TPSA) is 49.7 Å². The molecule has 1 aromatic carbocycles. The summed E-state index contributed by atoms with van der Waals surface area (Å²) in [5, 5.41) is 4.19. The molecule has 5 nitrogen and oxygen atoms in total. The number of hydrogen-bond donors (Lipinski definition) is 2. The number of benzene rings is 1. The lowest BCUT2D eigenvalue weighted by Crippen LogP contribution is -3.11. The van der Waals surface area contributed by atoms with Gasteiger partial charge in [0.2, 0.25) is 5.91 Å². The zero-order valence-electron chi connectivity index (χ0n) is 21.5. The summed E-state index contributed by atoms with van der Waals surface area (Å²) < 4.78 is 0. The molecule has 1 aromatic heterocycles. The third kappa shape index (κ3) is 4.37. The van der Waals surface area contributed by atoms with E-state index in [0.29, 0.717) is 28.9 Å². The van der Waals surface area contributed by atoms with Gasteiger partial charge in [-0.25, -0.2) is 4.98 Å². The molecule has 3 saturated heterocycles. The van der Waals surface area contributed by atoms with Gasteiger partial charge in [-0.1, -0.05) is 48.0 Å². The number of pyridine rings is 1. The number of amides is 1. The molecule has 1 spiro atoms. The second-order valence-electron chi connectivity index (χ2n) is 11.9. The van der Waals surface area contributed by atoms with Crippen molar-refractivity contribution in [3.63, 3.8) is 0 Å². The number of aromatic nitrogens is 1. The Hall–Kier alpha value is -1.95. The highest BCUT2D eigenvalue weighted by Crippen LogP contribution is 2.47. The summed E-state index contributed by atoms with van der Waals surface area (Å²) in [7, 11) is 2.32. The molecule has 6 rings (SSSR count). The number of quaternary nitrogens is 1. The smallest absolute Gasteiger partial charge is 0.228 e. The van der Waals surface area contributed by atoms with Gasteiger partial charge < -0.3 is 15.1 Å². The largest absolute Gasteiger partial charge is 0.339 e. The molecule has 1 aliphatic carbocycles. The first-order chi connectivity index (χ1) is 17.5. The summed E-state index contributed by atoms with van der Waals surface area (Å²) >= 11 is 6.27. The fraction of sp³-hybridized carbons (Fsp3) is 0.600. The minimum atomic E-state index is -0.155. The predicted octanol–water partition coefficient (Wildman–Crippen LogP) is 3.23. The molecule has 4 aliphatic rings. The van der Waals surface area contributed by atoms with Gasteiger partial charge in [-0.15, -0.1) is 0 Å². The van der Waals surface area contributed by atoms with Crippen molar-refractivity contribution in [1.82, 2.24) is 15.2 Å². The molecule has 0 saturated carbocycles. The molecule has 2 aromatic rings. The standard InChI is InChI=1S/C30H39ClN4O/c1-34-15-6-9-23(19-34)27-17-22(21-7-3-2-4-8-21)13-16-35(27)29(36)25-18-32-20-30(25)14-5-10-26-24(30)11-12-28(31)33-26/h2-4,7-8,11-12,22-23,25,27,32H,5-6,9-10,13-20H2,1H3/p+1/t22-,23?,25+,27?,30+/m1/s1. The van der Waals surface area contributed by atoms with E-state index in [1.807, 2.05) is 6.07 Å². The number of aryl methyl sites for hydroxylation is 1. The van der Waals surface area contributed by atoms with E-state index < -0.39 is 0 Å². The van der Waals surface area contributed by atoms with Crippen molar-refractivity contribution in [3.8, 4) is 0 Å². The van der Waals surface area contributed by atoms with E-state index in [0.717, 1.165) is 57.4 Å². The maximum atomic E-state index is 14.6. The quantitative estimate of drug-likeness (QED) is 0.627. The molecule has 6 heteroatoms. The molecule has 6 atom stereocenters. The number of likely N-dealkylation sites (tertiary alicyclic amines) is 2. The Morgan fingerprint density at radius 2 is 2.03 bits per heavy atom. The van der Waals surface area contributed by atoms with Crippen LogP contribution in [0.25, 0.3) is 0 Å². The van der Waals surface area contributed by atoms with E-state index in [1.54, 1.807) is 4.90 Å². The van der Waals surface area contributed by atoms with Gasteiger partial charge in [-0.2, -0.15) is 0 Å². The molecule has 0 bridgehead atoms. The lowest BCUT2D eigenvalue weighted by Gasteiger charge is -2.48. The van der Waals surface area contributed by atoms with Gasteiger partial charge >= 0.3 is 0 Å². The van der Waals surface area contributed by atoms with Crippen molar-refractivity contribution in [2.24, 2.45) is 11.8 Å². The lowest BCUT2D eigenvalue weighted by atomic mass is 9.65. The third-order valence-electron chi connectivity index (χ3n) is 9.80. The van der Waals surface area contributed by atoms with Crippen LogP contribution < -0.4 is 10.2 Å². The average Bonchev–Trinajstić information content (AvgIpc) is 3.32. The van der Waals surface area contributed by atoms with E-state index in [-0.39, 0.29) is 11.3 Å². The van der Waals surface area contributed by atoms with Crippen molar-refractivity contribution >= 4 is 17.5 Å². The van der Waals surface area contributed by atoms with Crippen molar-refractivity contribution in [2.75, 3.05) is 39.8 Å². The molecule has 0 radical (unpaired) electrons. The first-order valence-corrected chi connectivity index (χ1v) is 14.5. The second-order valence-corrected chi connectivity index (χ2v) is 12.3. The van der Waals surface area contributed by atoms with Crippen LogP contribution >= 0.6 is 11.6 Å². The van der Waals surface area contributed by atoms with Crippen molar-refractivity contribution in [3.05, 3.63) is 64.4 Å². The number of carbonyl (C=O) groups excluding carboxylic acids is 1. The van der Waals surface area contributed by atoms with Crippen LogP contribution in [0.15, 0.2) is 42.5 Å². The molecule has 36 heavy (non-hydrogen) atoms. The number of hydrogen-bond acceptors (Lipinski definition) is 3. The molecule has 3 unspecified atom stereocenters. The number of carbonyl (C=O) groups is 1.